The molecule has 0 aliphatic heterocycles. The summed E-state index contributed by atoms with van der Waals surface area (Å²) in [5, 5.41) is 7.91. The van der Waals surface area contributed by atoms with Crippen LogP contribution in [0.2, 0.25) is 0 Å². The maximum Gasteiger partial charge on any atom is 0.267 e. The van der Waals surface area contributed by atoms with E-state index in [1.807, 2.05) is 6.92 Å². The van der Waals surface area contributed by atoms with Gasteiger partial charge in [-0.2, -0.15) is 0 Å². The van der Waals surface area contributed by atoms with Crippen molar-refractivity contribution in [3.05, 3.63) is 18.0 Å². The number of aryl methyl sites for hydroxylation is 1. The quantitative estimate of drug-likeness (QED) is 0.715. The fraction of sp³-hybridized carbons (Fsp3) is 0.643. The summed E-state index contributed by atoms with van der Waals surface area (Å²) in [5.74, 6) is 0.395. The van der Waals surface area contributed by atoms with Gasteiger partial charge in [0.1, 0.15) is 10.6 Å². The molecular weight excluding hydrogens is 290 g/mol. The highest BCUT2D eigenvalue weighted by Crippen LogP contribution is 2.13. The van der Waals surface area contributed by atoms with Crippen LogP contribution in [0, 0.1) is 5.92 Å². The number of nitrogens with zero attached hydrogens (tertiary/aromatic N) is 1. The van der Waals surface area contributed by atoms with Crippen LogP contribution in [-0.4, -0.2) is 25.4 Å². The molecule has 0 aliphatic rings. The molecule has 6 nitrogen and oxygen atoms in total. The first kappa shape index (κ1) is 17.7. The largest absolute Gasteiger partial charge is 0.351 e. The van der Waals surface area contributed by atoms with Gasteiger partial charge in [-0.25, -0.2) is 13.6 Å². The molecule has 0 spiro atoms. The first-order chi connectivity index (χ1) is 9.75. The van der Waals surface area contributed by atoms with Gasteiger partial charge in [0.15, 0.2) is 0 Å². The number of carbonyl (C=O) groups excluding carboxylic acids is 1. The van der Waals surface area contributed by atoms with Crippen molar-refractivity contribution in [3.8, 4) is 0 Å². The molecule has 0 radical (unpaired) electrons. The van der Waals surface area contributed by atoms with Crippen molar-refractivity contribution < 1.29 is 13.2 Å². The number of hydrogen-bond donors (Lipinski definition) is 2. The number of rotatable bonds is 8. The zero-order valence-electron chi connectivity index (χ0n) is 12.9. The van der Waals surface area contributed by atoms with Gasteiger partial charge in [0, 0.05) is 19.3 Å². The summed E-state index contributed by atoms with van der Waals surface area (Å²) in [6.45, 7) is 7.27. The first-order valence-corrected chi connectivity index (χ1v) is 8.81. The second-order valence-electron chi connectivity index (χ2n) is 5.54. The Morgan fingerprint density at radius 1 is 1.38 bits per heavy atom. The van der Waals surface area contributed by atoms with E-state index in [2.05, 4.69) is 19.2 Å². The maximum absolute atomic E-state index is 12.1. The van der Waals surface area contributed by atoms with Crippen LogP contribution in [0.15, 0.2) is 17.2 Å². The lowest BCUT2D eigenvalue weighted by Gasteiger charge is -2.08. The van der Waals surface area contributed by atoms with Crippen molar-refractivity contribution in [3.63, 3.8) is 0 Å². The predicted molar refractivity (Wildman–Crippen MR) is 82.5 cm³/mol. The van der Waals surface area contributed by atoms with Crippen molar-refractivity contribution in [2.24, 2.45) is 11.1 Å². The van der Waals surface area contributed by atoms with E-state index in [0.717, 1.165) is 19.3 Å². The van der Waals surface area contributed by atoms with E-state index in [1.54, 1.807) is 4.57 Å². The van der Waals surface area contributed by atoms with Crippen LogP contribution in [0.1, 0.15) is 50.5 Å². The smallest absolute Gasteiger partial charge is 0.267 e. The second kappa shape index (κ2) is 7.61. The molecule has 1 aromatic heterocycles. The van der Waals surface area contributed by atoms with Crippen LogP contribution in [0.5, 0.6) is 0 Å². The third kappa shape index (κ3) is 5.51. The Hall–Kier alpha value is -1.34. The highest BCUT2D eigenvalue weighted by atomic mass is 32.2. The molecule has 1 amide bonds. The number of primary sulfonamides is 1. The molecule has 1 heterocycles. The number of hydrogen-bond acceptors (Lipinski definition) is 3. The van der Waals surface area contributed by atoms with E-state index >= 15 is 0 Å². The average Bonchev–Trinajstić information content (AvgIpc) is 2.81. The van der Waals surface area contributed by atoms with Gasteiger partial charge in [-0.1, -0.05) is 26.7 Å². The number of amides is 1. The lowest BCUT2D eigenvalue weighted by molar-refractivity contribution is 0.0943. The van der Waals surface area contributed by atoms with Gasteiger partial charge in [-0.15, -0.1) is 0 Å². The zero-order valence-corrected chi connectivity index (χ0v) is 13.7. The summed E-state index contributed by atoms with van der Waals surface area (Å²) in [7, 11) is -3.79. The van der Waals surface area contributed by atoms with Gasteiger partial charge in [0.05, 0.1) is 0 Å². The minimum atomic E-state index is -3.79. The summed E-state index contributed by atoms with van der Waals surface area (Å²) in [6.07, 6.45) is 4.51. The molecule has 0 bridgehead atoms. The third-order valence-corrected chi connectivity index (χ3v) is 4.15. The van der Waals surface area contributed by atoms with Crippen molar-refractivity contribution in [1.82, 2.24) is 9.88 Å². The number of nitrogens with one attached hydrogen (secondary N) is 1. The number of aromatic nitrogens is 1. The first-order valence-electron chi connectivity index (χ1n) is 7.26. The molecule has 0 saturated heterocycles. The molecular formula is C14H25N3O3S. The Bertz CT molecular complexity index is 576. The van der Waals surface area contributed by atoms with Crippen molar-refractivity contribution >= 4 is 15.9 Å². The SMILES string of the molecule is CCn1cc(S(N)(=O)=O)cc1C(=O)NCCCCC(C)C. The van der Waals surface area contributed by atoms with Crippen LogP contribution in [0.3, 0.4) is 0 Å². The average molecular weight is 315 g/mol. The second-order valence-corrected chi connectivity index (χ2v) is 7.10. The van der Waals surface area contributed by atoms with E-state index < -0.39 is 10.0 Å². The lowest BCUT2D eigenvalue weighted by Crippen LogP contribution is -2.26. The lowest BCUT2D eigenvalue weighted by atomic mass is 10.1. The van der Waals surface area contributed by atoms with Crippen molar-refractivity contribution in [1.29, 1.82) is 0 Å². The summed E-state index contributed by atoms with van der Waals surface area (Å²) in [6, 6.07) is 1.32. The van der Waals surface area contributed by atoms with Crippen molar-refractivity contribution in [2.75, 3.05) is 6.54 Å². The van der Waals surface area contributed by atoms with Crippen LogP contribution in [0.25, 0.3) is 0 Å². The van der Waals surface area contributed by atoms with E-state index in [0.29, 0.717) is 24.7 Å². The summed E-state index contributed by atoms with van der Waals surface area (Å²) in [5.41, 5.74) is 0.324. The molecule has 120 valence electrons. The Labute approximate surface area is 126 Å². The molecule has 1 aromatic rings. The van der Waals surface area contributed by atoms with Gasteiger partial charge in [0.2, 0.25) is 10.0 Å². The van der Waals surface area contributed by atoms with Gasteiger partial charge >= 0.3 is 0 Å². The fourth-order valence-corrected chi connectivity index (χ4v) is 2.61. The Morgan fingerprint density at radius 2 is 2.05 bits per heavy atom. The van der Waals surface area contributed by atoms with Crippen LogP contribution in [0.4, 0.5) is 0 Å². The molecule has 7 heteroatoms. The van der Waals surface area contributed by atoms with E-state index in [1.165, 1.54) is 12.3 Å². The van der Waals surface area contributed by atoms with E-state index in [-0.39, 0.29) is 10.8 Å². The van der Waals surface area contributed by atoms with Crippen LogP contribution in [-0.2, 0) is 16.6 Å². The standard InChI is InChI=1S/C14H25N3O3S/c1-4-17-10-12(21(15,19)20)9-13(17)14(18)16-8-6-5-7-11(2)3/h9-11H,4-8H2,1-3H3,(H,16,18)(H2,15,19,20). The Kier molecular flexibility index (Phi) is 6.42. The highest BCUT2D eigenvalue weighted by molar-refractivity contribution is 7.89. The Balaban J connectivity index is 2.63. The summed E-state index contributed by atoms with van der Waals surface area (Å²) < 4.78 is 24.3. The number of unbranched alkanes of at least 4 members (excludes halogenated alkanes) is 1. The zero-order chi connectivity index (χ0) is 16.0. The molecule has 1 rings (SSSR count). The molecule has 0 aliphatic carbocycles. The monoisotopic (exact) mass is 315 g/mol. The number of nitrogens with two attached hydrogens (primary N) is 1. The highest BCUT2D eigenvalue weighted by Gasteiger charge is 2.17. The van der Waals surface area contributed by atoms with Gasteiger partial charge < -0.3 is 9.88 Å². The molecule has 3 N–H and O–H groups in total. The van der Waals surface area contributed by atoms with Crippen LogP contribution >= 0.6 is 0 Å². The third-order valence-electron chi connectivity index (χ3n) is 3.27. The summed E-state index contributed by atoms with van der Waals surface area (Å²) >= 11 is 0. The van der Waals surface area contributed by atoms with Gasteiger partial charge in [-0.3, -0.25) is 4.79 Å². The summed E-state index contributed by atoms with van der Waals surface area (Å²) in [4.78, 5) is 12.1. The van der Waals surface area contributed by atoms with Gasteiger partial charge in [0.25, 0.3) is 5.91 Å². The normalized spacial score (nSPS) is 11.9. The van der Waals surface area contributed by atoms with Crippen LogP contribution < -0.4 is 10.5 Å². The molecule has 0 fully saturated rings. The van der Waals surface area contributed by atoms with Crippen molar-refractivity contribution in [2.45, 2.75) is 51.5 Å². The minimum Gasteiger partial charge on any atom is -0.351 e. The molecule has 0 unspecified atom stereocenters. The molecule has 21 heavy (non-hydrogen) atoms. The fourth-order valence-electron chi connectivity index (χ4n) is 2.06. The molecule has 0 saturated carbocycles. The predicted octanol–water partition coefficient (Wildman–Crippen LogP) is 1.71. The molecule has 0 aromatic carbocycles. The topological polar surface area (TPSA) is 94.2 Å². The minimum absolute atomic E-state index is 0.0330. The number of sulfonamides is 1. The van der Waals surface area contributed by atoms with E-state index in [4.69, 9.17) is 5.14 Å². The Morgan fingerprint density at radius 3 is 2.57 bits per heavy atom. The molecule has 0 atom stereocenters. The van der Waals surface area contributed by atoms with Gasteiger partial charge in [-0.05, 0) is 25.3 Å². The van der Waals surface area contributed by atoms with E-state index in [9.17, 15) is 13.2 Å². The maximum atomic E-state index is 12.1. The number of carbonyl (C=O) groups is 1.